The molecule has 5 aromatic rings. The van der Waals surface area contributed by atoms with Gasteiger partial charge in [0.1, 0.15) is 11.6 Å². The summed E-state index contributed by atoms with van der Waals surface area (Å²) in [5.41, 5.74) is 0.288. The molecular formula is C31H23Cl2F3N6O3. The van der Waals surface area contributed by atoms with Gasteiger partial charge in [0.25, 0.3) is 5.56 Å². The lowest BCUT2D eigenvalue weighted by molar-refractivity contribution is -0.120. The van der Waals surface area contributed by atoms with E-state index in [1.807, 2.05) is 0 Å². The van der Waals surface area contributed by atoms with Crippen LogP contribution in [0, 0.1) is 23.4 Å². The summed E-state index contributed by atoms with van der Waals surface area (Å²) < 4.78 is 47.3. The van der Waals surface area contributed by atoms with Gasteiger partial charge in [0.15, 0.2) is 11.0 Å². The second-order valence-corrected chi connectivity index (χ2v) is 11.5. The van der Waals surface area contributed by atoms with Gasteiger partial charge in [0, 0.05) is 23.2 Å². The van der Waals surface area contributed by atoms with E-state index in [1.54, 1.807) is 13.0 Å². The number of halogens is 5. The van der Waals surface area contributed by atoms with Gasteiger partial charge in [0.2, 0.25) is 5.91 Å². The summed E-state index contributed by atoms with van der Waals surface area (Å²) in [6.07, 6.45) is 1.31. The first-order valence-corrected chi connectivity index (χ1v) is 14.5. The monoisotopic (exact) mass is 654 g/mol. The summed E-state index contributed by atoms with van der Waals surface area (Å²) in [6.45, 7) is 1.63. The number of aliphatic hydroxyl groups is 1. The van der Waals surface area contributed by atoms with Crippen LogP contribution in [0.5, 0.6) is 0 Å². The van der Waals surface area contributed by atoms with Crippen LogP contribution in [-0.2, 0) is 4.79 Å². The van der Waals surface area contributed by atoms with E-state index in [-0.39, 0.29) is 62.3 Å². The maximum absolute atomic E-state index is 15.4. The van der Waals surface area contributed by atoms with Gasteiger partial charge in [-0.15, -0.1) is 5.10 Å². The summed E-state index contributed by atoms with van der Waals surface area (Å²) in [5.74, 6) is -3.24. The molecule has 3 heterocycles. The largest absolute Gasteiger partial charge is 0.393 e. The van der Waals surface area contributed by atoms with Crippen LogP contribution in [0.2, 0.25) is 10.2 Å². The maximum Gasteiger partial charge on any atom is 0.254 e. The maximum atomic E-state index is 15.4. The Balaban J connectivity index is 1.50. The molecule has 1 aliphatic heterocycles. The first-order chi connectivity index (χ1) is 21.5. The third-order valence-electron chi connectivity index (χ3n) is 7.64. The minimum Gasteiger partial charge on any atom is -0.393 e. The smallest absolute Gasteiger partial charge is 0.254 e. The number of aliphatic hydroxyl groups excluding tert-OH is 1. The molecule has 0 aliphatic carbocycles. The molecule has 45 heavy (non-hydrogen) atoms. The molecule has 14 heteroatoms. The number of carbonyl (C=O) groups excluding carboxylic acids is 1. The molecule has 3 aromatic carbocycles. The predicted molar refractivity (Wildman–Crippen MR) is 162 cm³/mol. The number of aromatic nitrogens is 5. The third kappa shape index (κ3) is 6.08. The average molecular weight is 655 g/mol. The predicted octanol–water partition coefficient (Wildman–Crippen LogP) is 6.20. The molecule has 1 amide bonds. The number of anilines is 1. The van der Waals surface area contributed by atoms with Crippen molar-refractivity contribution >= 4 is 34.8 Å². The minimum atomic E-state index is -1.10. The number of amides is 1. The quantitative estimate of drug-likeness (QED) is 0.239. The minimum absolute atomic E-state index is 0.0127. The van der Waals surface area contributed by atoms with Crippen molar-refractivity contribution in [1.29, 1.82) is 0 Å². The van der Waals surface area contributed by atoms with Crippen molar-refractivity contribution in [3.8, 4) is 28.1 Å². The molecule has 230 valence electrons. The fourth-order valence-corrected chi connectivity index (χ4v) is 5.76. The highest BCUT2D eigenvalue weighted by molar-refractivity contribution is 6.31. The fraction of sp³-hybridized carbons (Fsp3) is 0.194. The van der Waals surface area contributed by atoms with Crippen LogP contribution in [0.4, 0.5) is 18.9 Å². The van der Waals surface area contributed by atoms with Gasteiger partial charge in [0.05, 0.1) is 46.6 Å². The van der Waals surface area contributed by atoms with Crippen LogP contribution in [0.3, 0.4) is 0 Å². The van der Waals surface area contributed by atoms with E-state index >= 15 is 8.78 Å². The highest BCUT2D eigenvalue weighted by Crippen LogP contribution is 2.36. The van der Waals surface area contributed by atoms with Gasteiger partial charge in [-0.1, -0.05) is 35.3 Å². The number of benzene rings is 3. The Morgan fingerprint density at radius 1 is 0.978 bits per heavy atom. The van der Waals surface area contributed by atoms with Crippen LogP contribution in [0.15, 0.2) is 71.9 Å². The topological polar surface area (TPSA) is 115 Å². The molecule has 0 saturated carbocycles. The summed E-state index contributed by atoms with van der Waals surface area (Å²) in [7, 11) is 0. The Kier molecular flexibility index (Phi) is 8.21. The Hall–Kier alpha value is -4.52. The van der Waals surface area contributed by atoms with Crippen LogP contribution in [0.1, 0.15) is 31.4 Å². The highest BCUT2D eigenvalue weighted by atomic mass is 35.5. The van der Waals surface area contributed by atoms with Crippen LogP contribution in [0.25, 0.3) is 28.1 Å². The zero-order valence-electron chi connectivity index (χ0n) is 23.4. The van der Waals surface area contributed by atoms with E-state index in [4.69, 9.17) is 23.2 Å². The lowest BCUT2D eigenvalue weighted by Gasteiger charge is -2.26. The Labute approximate surface area is 263 Å². The number of hydrogen-bond acceptors (Lipinski definition) is 6. The van der Waals surface area contributed by atoms with Gasteiger partial charge in [-0.25, -0.2) is 22.8 Å². The molecule has 9 nitrogen and oxygen atoms in total. The molecule has 1 aliphatic rings. The Morgan fingerprint density at radius 2 is 1.78 bits per heavy atom. The third-order valence-corrected chi connectivity index (χ3v) is 8.10. The van der Waals surface area contributed by atoms with Crippen LogP contribution < -0.4 is 10.9 Å². The summed E-state index contributed by atoms with van der Waals surface area (Å²) >= 11 is 12.0. The molecular weight excluding hydrogens is 632 g/mol. The zero-order valence-corrected chi connectivity index (χ0v) is 24.9. The van der Waals surface area contributed by atoms with Crippen molar-refractivity contribution in [1.82, 2.24) is 24.5 Å². The second kappa shape index (κ2) is 12.1. The standard InChI is InChI=1S/C31H23Cl2F3N6O3/c1-15-6-20(43)11-26(17-7-16(8-19(35)9-17)21-10-18(34)2-4-23(21)38-31(15)45)41-14-37-24(12-28(41)44)29-25(5-3-22(32)30(29)36)42-13-27(33)39-40-42/h2-5,7-10,12-15,20,26,43H,6,11H2,1H3,(H,38,45). The Morgan fingerprint density at radius 3 is 2.51 bits per heavy atom. The van der Waals surface area contributed by atoms with E-state index < -0.39 is 47.0 Å². The molecule has 3 atom stereocenters. The van der Waals surface area contributed by atoms with Gasteiger partial charge >= 0.3 is 0 Å². The molecule has 0 saturated heterocycles. The molecule has 2 N–H and O–H groups in total. The van der Waals surface area contributed by atoms with Gasteiger partial charge < -0.3 is 10.4 Å². The second-order valence-electron chi connectivity index (χ2n) is 10.8. The van der Waals surface area contributed by atoms with Crippen LogP contribution >= 0.6 is 23.2 Å². The molecule has 0 spiro atoms. The fourth-order valence-electron chi connectivity index (χ4n) is 5.48. The zero-order chi connectivity index (χ0) is 32.0. The van der Waals surface area contributed by atoms with E-state index in [2.05, 4.69) is 20.6 Å². The average Bonchev–Trinajstić information content (AvgIpc) is 3.43. The number of fused-ring (bicyclic) bond motifs is 4. The van der Waals surface area contributed by atoms with Crippen molar-refractivity contribution in [3.05, 3.63) is 111 Å². The van der Waals surface area contributed by atoms with Gasteiger partial charge in [-0.2, -0.15) is 0 Å². The van der Waals surface area contributed by atoms with E-state index in [9.17, 15) is 19.1 Å². The van der Waals surface area contributed by atoms with Crippen molar-refractivity contribution < 1.29 is 23.1 Å². The molecule has 0 fully saturated rings. The van der Waals surface area contributed by atoms with Gasteiger partial charge in [-0.3, -0.25) is 14.2 Å². The number of nitrogens with zero attached hydrogens (tertiary/aromatic N) is 5. The molecule has 3 unspecified atom stereocenters. The molecule has 2 aromatic heterocycles. The number of carbonyl (C=O) groups is 1. The molecule has 2 bridgehead atoms. The molecule has 6 rings (SSSR count). The highest BCUT2D eigenvalue weighted by Gasteiger charge is 2.27. The van der Waals surface area contributed by atoms with Gasteiger partial charge in [-0.05, 0) is 72.5 Å². The first kappa shape index (κ1) is 30.5. The van der Waals surface area contributed by atoms with Crippen molar-refractivity contribution in [2.45, 2.75) is 31.9 Å². The number of hydrogen-bond donors (Lipinski definition) is 2. The van der Waals surface area contributed by atoms with E-state index in [0.717, 1.165) is 12.4 Å². The lowest BCUT2D eigenvalue weighted by Crippen LogP contribution is -2.31. The summed E-state index contributed by atoms with van der Waals surface area (Å²) in [4.78, 5) is 31.0. The van der Waals surface area contributed by atoms with Crippen molar-refractivity contribution in [2.75, 3.05) is 5.32 Å². The summed E-state index contributed by atoms with van der Waals surface area (Å²) in [6, 6.07) is 10.6. The van der Waals surface area contributed by atoms with E-state index in [0.29, 0.717) is 0 Å². The van der Waals surface area contributed by atoms with Crippen molar-refractivity contribution in [2.24, 2.45) is 5.92 Å². The SMILES string of the molecule is CC1CC(O)CC(n2cnc(-c3c(-n4cc(Cl)nn4)ccc(Cl)c3F)cc2=O)c2cc(F)cc(c2)-c2cc(F)ccc2NC1=O. The van der Waals surface area contributed by atoms with Crippen molar-refractivity contribution in [3.63, 3.8) is 0 Å². The van der Waals surface area contributed by atoms with E-state index in [1.165, 1.54) is 57.9 Å². The van der Waals surface area contributed by atoms with Crippen LogP contribution in [-0.4, -0.2) is 41.7 Å². The normalized spacial score (nSPS) is 18.5. The molecule has 0 radical (unpaired) electrons. The number of nitrogens with one attached hydrogen (secondary N) is 1. The number of rotatable bonds is 3. The first-order valence-electron chi connectivity index (χ1n) is 13.7. The summed E-state index contributed by atoms with van der Waals surface area (Å²) in [5, 5.41) is 21.2. The lowest BCUT2D eigenvalue weighted by atomic mass is 9.91. The Bertz CT molecular complexity index is 2020.